The first-order valence-corrected chi connectivity index (χ1v) is 7.79. The summed E-state index contributed by atoms with van der Waals surface area (Å²) in [5.41, 5.74) is 3.68. The van der Waals surface area contributed by atoms with E-state index in [1.807, 2.05) is 24.6 Å². The second-order valence-electron chi connectivity index (χ2n) is 5.71. The Hall–Kier alpha value is -1.95. The van der Waals surface area contributed by atoms with Gasteiger partial charge in [0.05, 0.1) is 23.6 Å². The van der Waals surface area contributed by atoms with E-state index in [9.17, 15) is 4.39 Å². The largest absolute Gasteiger partial charge is 0.360 e. The average molecular weight is 318 g/mol. The molecule has 0 atom stereocenters. The monoisotopic (exact) mass is 318 g/mol. The zero-order valence-corrected chi connectivity index (χ0v) is 13.5. The number of benzene rings is 1. The predicted octanol–water partition coefficient (Wildman–Crippen LogP) is 3.14. The molecule has 4 nitrogen and oxygen atoms in total. The van der Waals surface area contributed by atoms with Gasteiger partial charge in [0.2, 0.25) is 0 Å². The van der Waals surface area contributed by atoms with Crippen molar-refractivity contribution in [3.8, 4) is 0 Å². The molecule has 22 heavy (non-hydrogen) atoms. The maximum absolute atomic E-state index is 13.3. The molecule has 1 fully saturated rings. The van der Waals surface area contributed by atoms with Gasteiger partial charge in [-0.25, -0.2) is 4.39 Å². The van der Waals surface area contributed by atoms with Crippen LogP contribution in [-0.4, -0.2) is 20.9 Å². The SMILES string of the molecule is Cc1nn(Cc2cccc(F)c2)c(C)c1NC(=S)NC1CC1. The number of nitrogens with one attached hydrogen (secondary N) is 2. The summed E-state index contributed by atoms with van der Waals surface area (Å²) in [5.74, 6) is -0.229. The van der Waals surface area contributed by atoms with Gasteiger partial charge < -0.3 is 10.6 Å². The van der Waals surface area contributed by atoms with Crippen molar-refractivity contribution in [1.29, 1.82) is 0 Å². The summed E-state index contributed by atoms with van der Waals surface area (Å²) < 4.78 is 15.2. The first kappa shape index (κ1) is 15.0. The molecule has 0 unspecified atom stereocenters. The summed E-state index contributed by atoms with van der Waals surface area (Å²) in [6.07, 6.45) is 2.36. The average Bonchev–Trinajstić information content (AvgIpc) is 3.23. The molecule has 6 heteroatoms. The van der Waals surface area contributed by atoms with Crippen molar-refractivity contribution in [1.82, 2.24) is 15.1 Å². The molecule has 0 bridgehead atoms. The first-order chi connectivity index (χ1) is 10.5. The molecule has 0 amide bonds. The number of hydrogen-bond donors (Lipinski definition) is 2. The van der Waals surface area contributed by atoms with E-state index in [0.717, 1.165) is 22.6 Å². The van der Waals surface area contributed by atoms with Crippen LogP contribution >= 0.6 is 12.2 Å². The molecule has 116 valence electrons. The lowest BCUT2D eigenvalue weighted by molar-refractivity contribution is 0.616. The minimum Gasteiger partial charge on any atom is -0.360 e. The van der Waals surface area contributed by atoms with Gasteiger partial charge in [-0.15, -0.1) is 0 Å². The lowest BCUT2D eigenvalue weighted by Gasteiger charge is -2.10. The van der Waals surface area contributed by atoms with Crippen LogP contribution in [-0.2, 0) is 6.54 Å². The third kappa shape index (κ3) is 3.44. The fourth-order valence-corrected chi connectivity index (χ4v) is 2.67. The van der Waals surface area contributed by atoms with Crippen LogP contribution in [0.15, 0.2) is 24.3 Å². The highest BCUT2D eigenvalue weighted by atomic mass is 32.1. The zero-order valence-electron chi connectivity index (χ0n) is 12.7. The highest BCUT2D eigenvalue weighted by Gasteiger charge is 2.22. The molecule has 1 aromatic carbocycles. The molecular formula is C16H19FN4S. The third-order valence-electron chi connectivity index (χ3n) is 3.75. The first-order valence-electron chi connectivity index (χ1n) is 7.39. The van der Waals surface area contributed by atoms with Gasteiger partial charge in [0.25, 0.3) is 0 Å². The number of rotatable bonds is 4. The molecule has 0 spiro atoms. The highest BCUT2D eigenvalue weighted by Crippen LogP contribution is 2.22. The Kier molecular flexibility index (Phi) is 4.11. The molecular weight excluding hydrogens is 299 g/mol. The van der Waals surface area contributed by atoms with E-state index in [1.54, 1.807) is 6.07 Å². The Labute approximate surface area is 134 Å². The number of anilines is 1. The summed E-state index contributed by atoms with van der Waals surface area (Å²) in [5, 5.41) is 11.7. The van der Waals surface area contributed by atoms with Crippen molar-refractivity contribution in [2.75, 3.05) is 5.32 Å². The van der Waals surface area contributed by atoms with Crippen molar-refractivity contribution < 1.29 is 4.39 Å². The summed E-state index contributed by atoms with van der Waals surface area (Å²) in [7, 11) is 0. The third-order valence-corrected chi connectivity index (χ3v) is 3.97. The van der Waals surface area contributed by atoms with Crippen LogP contribution in [0.5, 0.6) is 0 Å². The van der Waals surface area contributed by atoms with E-state index >= 15 is 0 Å². The number of halogens is 1. The van der Waals surface area contributed by atoms with Crippen molar-refractivity contribution in [3.63, 3.8) is 0 Å². The van der Waals surface area contributed by atoms with Crippen LogP contribution in [0.2, 0.25) is 0 Å². The quantitative estimate of drug-likeness (QED) is 0.850. The molecule has 0 radical (unpaired) electrons. The van der Waals surface area contributed by atoms with Gasteiger partial charge in [-0.2, -0.15) is 5.10 Å². The number of nitrogens with zero attached hydrogens (tertiary/aromatic N) is 2. The summed E-state index contributed by atoms with van der Waals surface area (Å²) in [6, 6.07) is 7.10. The minimum atomic E-state index is -0.229. The van der Waals surface area contributed by atoms with Gasteiger partial charge in [0.1, 0.15) is 5.82 Å². The Morgan fingerprint density at radius 1 is 1.41 bits per heavy atom. The van der Waals surface area contributed by atoms with Gasteiger partial charge in [-0.3, -0.25) is 4.68 Å². The molecule has 1 aromatic heterocycles. The van der Waals surface area contributed by atoms with Crippen molar-refractivity contribution >= 4 is 23.0 Å². The Bertz CT molecular complexity index is 706. The number of hydrogen-bond acceptors (Lipinski definition) is 2. The minimum absolute atomic E-state index is 0.229. The van der Waals surface area contributed by atoms with Crippen molar-refractivity contribution in [3.05, 3.63) is 47.0 Å². The molecule has 0 aliphatic heterocycles. The molecule has 1 aliphatic rings. The van der Waals surface area contributed by atoms with Crippen LogP contribution in [0, 0.1) is 19.7 Å². The van der Waals surface area contributed by atoms with Crippen LogP contribution in [0.3, 0.4) is 0 Å². The number of thiocarbonyl (C=S) groups is 1. The molecule has 1 aliphatic carbocycles. The maximum Gasteiger partial charge on any atom is 0.171 e. The van der Waals surface area contributed by atoms with Crippen LogP contribution in [0.25, 0.3) is 0 Å². The topological polar surface area (TPSA) is 41.9 Å². The van der Waals surface area contributed by atoms with E-state index in [-0.39, 0.29) is 5.82 Å². The van der Waals surface area contributed by atoms with E-state index in [4.69, 9.17) is 12.2 Å². The van der Waals surface area contributed by atoms with Gasteiger partial charge in [0.15, 0.2) is 5.11 Å². The van der Waals surface area contributed by atoms with Crippen LogP contribution in [0.1, 0.15) is 29.8 Å². The fraction of sp³-hybridized carbons (Fsp3) is 0.375. The molecule has 1 heterocycles. The smallest absolute Gasteiger partial charge is 0.171 e. The van der Waals surface area contributed by atoms with E-state index in [1.165, 1.54) is 25.0 Å². The van der Waals surface area contributed by atoms with Gasteiger partial charge in [0, 0.05) is 6.04 Å². The van der Waals surface area contributed by atoms with Gasteiger partial charge in [-0.05, 0) is 56.6 Å². The fourth-order valence-electron chi connectivity index (χ4n) is 2.40. The van der Waals surface area contributed by atoms with Crippen molar-refractivity contribution in [2.45, 2.75) is 39.3 Å². The summed E-state index contributed by atoms with van der Waals surface area (Å²) >= 11 is 5.32. The van der Waals surface area contributed by atoms with Crippen molar-refractivity contribution in [2.24, 2.45) is 0 Å². The lowest BCUT2D eigenvalue weighted by Crippen LogP contribution is -2.30. The van der Waals surface area contributed by atoms with Crippen LogP contribution in [0.4, 0.5) is 10.1 Å². The van der Waals surface area contributed by atoms with Crippen LogP contribution < -0.4 is 10.6 Å². The summed E-state index contributed by atoms with van der Waals surface area (Å²) in [6.45, 7) is 4.47. The van der Waals surface area contributed by atoms with E-state index in [2.05, 4.69) is 15.7 Å². The van der Waals surface area contributed by atoms with E-state index in [0.29, 0.717) is 17.7 Å². The molecule has 1 saturated carbocycles. The van der Waals surface area contributed by atoms with Gasteiger partial charge >= 0.3 is 0 Å². The summed E-state index contributed by atoms with van der Waals surface area (Å²) in [4.78, 5) is 0. The Morgan fingerprint density at radius 3 is 2.86 bits per heavy atom. The van der Waals surface area contributed by atoms with Gasteiger partial charge in [-0.1, -0.05) is 12.1 Å². The standard InChI is InChI=1S/C16H19FN4S/c1-10-15(19-16(22)18-14-6-7-14)11(2)21(20-10)9-12-4-3-5-13(17)8-12/h3-5,8,14H,6-7,9H2,1-2H3,(H2,18,19,22). The number of aryl methyl sites for hydroxylation is 1. The second-order valence-corrected chi connectivity index (χ2v) is 6.11. The molecule has 2 N–H and O–H groups in total. The zero-order chi connectivity index (χ0) is 15.7. The lowest BCUT2D eigenvalue weighted by atomic mass is 10.2. The highest BCUT2D eigenvalue weighted by molar-refractivity contribution is 7.80. The predicted molar refractivity (Wildman–Crippen MR) is 89.6 cm³/mol. The van der Waals surface area contributed by atoms with E-state index < -0.39 is 0 Å². The Balaban J connectivity index is 1.75. The molecule has 3 rings (SSSR count). The molecule has 2 aromatic rings. The second kappa shape index (κ2) is 6.04. The maximum atomic E-state index is 13.3. The Morgan fingerprint density at radius 2 is 2.18 bits per heavy atom. The molecule has 0 saturated heterocycles. The number of aromatic nitrogens is 2. The normalized spacial score (nSPS) is 14.0.